The van der Waals surface area contributed by atoms with Crippen LogP contribution < -0.4 is 0 Å². The van der Waals surface area contributed by atoms with Gasteiger partial charge in [0, 0.05) is 0 Å². The van der Waals surface area contributed by atoms with Gasteiger partial charge in [-0.3, -0.25) is 0 Å². The van der Waals surface area contributed by atoms with Crippen LogP contribution in [0.4, 0.5) is 0 Å². The van der Waals surface area contributed by atoms with Gasteiger partial charge in [-0.15, -0.1) is 0 Å². The Morgan fingerprint density at radius 3 is 2.50 bits per heavy atom. The molecule has 0 fully saturated rings. The second-order valence-electron chi connectivity index (χ2n) is 2.95. The molecule has 1 unspecified atom stereocenters. The molecule has 0 saturated heterocycles. The van der Waals surface area contributed by atoms with Crippen molar-refractivity contribution in [2.45, 2.75) is 46.1 Å². The largest absolute Gasteiger partial charge is 0.389 e. The Balaban J connectivity index is 3.43. The summed E-state index contributed by atoms with van der Waals surface area (Å²) in [7, 11) is 0. The highest BCUT2D eigenvalue weighted by Gasteiger charge is 1.96. The topological polar surface area (TPSA) is 20.2 Å². The van der Waals surface area contributed by atoms with E-state index < -0.39 is 0 Å². The highest BCUT2D eigenvalue weighted by molar-refractivity contribution is 4.97. The molecule has 0 aliphatic rings. The molecule has 0 heterocycles. The van der Waals surface area contributed by atoms with E-state index in [1.807, 2.05) is 19.9 Å². The number of aliphatic hydroxyl groups is 1. The Hall–Kier alpha value is -0.300. The molecule has 0 bridgehead atoms. The van der Waals surface area contributed by atoms with Crippen LogP contribution in [0.1, 0.15) is 40.0 Å². The van der Waals surface area contributed by atoms with Crippen molar-refractivity contribution in [3.63, 3.8) is 0 Å². The van der Waals surface area contributed by atoms with Crippen LogP contribution in [0.15, 0.2) is 11.6 Å². The summed E-state index contributed by atoms with van der Waals surface area (Å²) in [5.41, 5.74) is 1.20. The van der Waals surface area contributed by atoms with Crippen LogP contribution in [-0.4, -0.2) is 11.2 Å². The molecular weight excluding hydrogens is 124 g/mol. The molecule has 0 aliphatic carbocycles. The summed E-state index contributed by atoms with van der Waals surface area (Å²) < 4.78 is 0. The van der Waals surface area contributed by atoms with Crippen molar-refractivity contribution in [3.8, 4) is 0 Å². The van der Waals surface area contributed by atoms with Crippen molar-refractivity contribution in [2.75, 3.05) is 0 Å². The molecule has 0 aliphatic heterocycles. The fourth-order valence-electron chi connectivity index (χ4n) is 0.881. The fourth-order valence-corrected chi connectivity index (χ4v) is 0.881. The molecule has 1 N–H and O–H groups in total. The molecule has 1 atom stereocenters. The molecule has 0 saturated carbocycles. The Bertz CT molecular complexity index is 101. The number of hydrogen-bond donors (Lipinski definition) is 1. The highest BCUT2D eigenvalue weighted by atomic mass is 16.3. The first-order chi connectivity index (χ1) is 4.66. The second-order valence-corrected chi connectivity index (χ2v) is 2.95. The summed E-state index contributed by atoms with van der Waals surface area (Å²) in [6.07, 6.45) is 4.88. The van der Waals surface area contributed by atoms with Crippen molar-refractivity contribution in [3.05, 3.63) is 11.6 Å². The summed E-state index contributed by atoms with van der Waals surface area (Å²) in [5.74, 6) is 0. The first-order valence-electron chi connectivity index (χ1n) is 4.00. The van der Waals surface area contributed by atoms with Crippen LogP contribution in [0.2, 0.25) is 0 Å². The molecule has 0 radical (unpaired) electrons. The van der Waals surface area contributed by atoms with Crippen molar-refractivity contribution < 1.29 is 5.11 Å². The predicted octanol–water partition coefficient (Wildman–Crippen LogP) is 2.50. The van der Waals surface area contributed by atoms with Crippen molar-refractivity contribution >= 4 is 0 Å². The maximum Gasteiger partial charge on any atom is 0.0723 e. The van der Waals surface area contributed by atoms with E-state index in [4.69, 9.17) is 0 Å². The van der Waals surface area contributed by atoms with E-state index in [9.17, 15) is 5.11 Å². The maximum atomic E-state index is 9.27. The Labute approximate surface area is 63.8 Å². The predicted molar refractivity (Wildman–Crippen MR) is 45.0 cm³/mol. The number of allylic oxidation sites excluding steroid dienone is 1. The summed E-state index contributed by atoms with van der Waals surface area (Å²) in [6, 6.07) is 0. The quantitative estimate of drug-likeness (QED) is 0.598. The molecule has 0 aromatic heterocycles. The van der Waals surface area contributed by atoms with Crippen LogP contribution >= 0.6 is 0 Å². The van der Waals surface area contributed by atoms with Gasteiger partial charge in [0.1, 0.15) is 0 Å². The lowest BCUT2D eigenvalue weighted by molar-refractivity contribution is 0.208. The summed E-state index contributed by atoms with van der Waals surface area (Å²) in [4.78, 5) is 0. The molecule has 60 valence electrons. The van der Waals surface area contributed by atoms with Gasteiger partial charge in [-0.05, 0) is 20.3 Å². The zero-order chi connectivity index (χ0) is 7.98. The molecule has 0 aromatic rings. The van der Waals surface area contributed by atoms with Gasteiger partial charge in [0.25, 0.3) is 0 Å². The SMILES string of the molecule is CCCCC(O)C=C(C)C. The molecule has 0 rings (SSSR count). The van der Waals surface area contributed by atoms with Gasteiger partial charge < -0.3 is 5.11 Å². The standard InChI is InChI=1S/C9H18O/c1-4-5-6-9(10)7-8(2)3/h7,9-10H,4-6H2,1-3H3. The van der Waals surface area contributed by atoms with Crippen LogP contribution in [-0.2, 0) is 0 Å². The molecular formula is C9H18O. The molecule has 1 heteroatoms. The first-order valence-corrected chi connectivity index (χ1v) is 4.00. The minimum atomic E-state index is -0.218. The van der Waals surface area contributed by atoms with Gasteiger partial charge in [0.05, 0.1) is 6.10 Å². The van der Waals surface area contributed by atoms with Gasteiger partial charge in [-0.1, -0.05) is 31.4 Å². The van der Waals surface area contributed by atoms with Gasteiger partial charge in [0.2, 0.25) is 0 Å². The third-order valence-electron chi connectivity index (χ3n) is 1.38. The Morgan fingerprint density at radius 1 is 1.50 bits per heavy atom. The molecule has 0 amide bonds. The average Bonchev–Trinajstić information content (AvgIpc) is 1.82. The maximum absolute atomic E-state index is 9.27. The third-order valence-corrected chi connectivity index (χ3v) is 1.38. The monoisotopic (exact) mass is 142 g/mol. The van der Waals surface area contributed by atoms with Gasteiger partial charge in [0.15, 0.2) is 0 Å². The van der Waals surface area contributed by atoms with E-state index in [1.165, 1.54) is 5.57 Å². The highest BCUT2D eigenvalue weighted by Crippen LogP contribution is 2.03. The normalized spacial score (nSPS) is 12.8. The second kappa shape index (κ2) is 5.48. The average molecular weight is 142 g/mol. The van der Waals surface area contributed by atoms with Crippen LogP contribution in [0.5, 0.6) is 0 Å². The number of aliphatic hydroxyl groups excluding tert-OH is 1. The van der Waals surface area contributed by atoms with Crippen molar-refractivity contribution in [1.82, 2.24) is 0 Å². The third kappa shape index (κ3) is 5.83. The van der Waals surface area contributed by atoms with Gasteiger partial charge >= 0.3 is 0 Å². The molecule has 0 spiro atoms. The number of rotatable bonds is 4. The summed E-state index contributed by atoms with van der Waals surface area (Å²) in [6.45, 7) is 6.15. The molecule has 1 nitrogen and oxygen atoms in total. The molecule has 0 aromatic carbocycles. The lowest BCUT2D eigenvalue weighted by Gasteiger charge is -2.03. The smallest absolute Gasteiger partial charge is 0.0723 e. The van der Waals surface area contributed by atoms with Crippen LogP contribution in [0.25, 0.3) is 0 Å². The van der Waals surface area contributed by atoms with Crippen molar-refractivity contribution in [2.24, 2.45) is 0 Å². The Morgan fingerprint density at radius 2 is 2.10 bits per heavy atom. The minimum absolute atomic E-state index is 0.218. The molecule has 10 heavy (non-hydrogen) atoms. The van der Waals surface area contributed by atoms with Crippen molar-refractivity contribution in [1.29, 1.82) is 0 Å². The zero-order valence-electron chi connectivity index (χ0n) is 7.22. The zero-order valence-corrected chi connectivity index (χ0v) is 7.22. The van der Waals surface area contributed by atoms with Crippen LogP contribution in [0, 0.1) is 0 Å². The van der Waals surface area contributed by atoms with Crippen LogP contribution in [0.3, 0.4) is 0 Å². The first kappa shape index (κ1) is 9.70. The van der Waals surface area contributed by atoms with Gasteiger partial charge in [-0.2, -0.15) is 0 Å². The number of unbranched alkanes of at least 4 members (excludes halogenated alkanes) is 1. The lowest BCUT2D eigenvalue weighted by atomic mass is 10.1. The van der Waals surface area contributed by atoms with E-state index in [0.29, 0.717) is 0 Å². The van der Waals surface area contributed by atoms with E-state index in [0.717, 1.165) is 19.3 Å². The summed E-state index contributed by atoms with van der Waals surface area (Å²) >= 11 is 0. The minimum Gasteiger partial charge on any atom is -0.389 e. The van der Waals surface area contributed by atoms with E-state index >= 15 is 0 Å². The lowest BCUT2D eigenvalue weighted by Crippen LogP contribution is -2.01. The summed E-state index contributed by atoms with van der Waals surface area (Å²) in [5, 5.41) is 9.27. The fraction of sp³-hybridized carbons (Fsp3) is 0.778. The van der Waals surface area contributed by atoms with E-state index in [2.05, 4.69) is 6.92 Å². The number of hydrogen-bond acceptors (Lipinski definition) is 1. The Kier molecular flexibility index (Phi) is 5.32. The van der Waals surface area contributed by atoms with E-state index in [-0.39, 0.29) is 6.10 Å². The van der Waals surface area contributed by atoms with E-state index in [1.54, 1.807) is 0 Å². The van der Waals surface area contributed by atoms with Gasteiger partial charge in [-0.25, -0.2) is 0 Å².